The van der Waals surface area contributed by atoms with Gasteiger partial charge in [-0.05, 0) is 36.5 Å². The summed E-state index contributed by atoms with van der Waals surface area (Å²) in [5.41, 5.74) is 0. The largest absolute Gasteiger partial charge is 0.352 e. The van der Waals surface area contributed by atoms with E-state index in [1.54, 1.807) is 15.9 Å². The van der Waals surface area contributed by atoms with Gasteiger partial charge in [0, 0.05) is 6.04 Å². The summed E-state index contributed by atoms with van der Waals surface area (Å²) in [4.78, 5) is 13.4. The molecule has 0 radical (unpaired) electrons. The lowest BCUT2D eigenvalue weighted by atomic mass is 10.1. The lowest BCUT2D eigenvalue weighted by Crippen LogP contribution is -2.36. The minimum Gasteiger partial charge on any atom is -0.352 e. The quantitative estimate of drug-likeness (QED) is 0.663. The van der Waals surface area contributed by atoms with Crippen LogP contribution in [-0.4, -0.2) is 26.7 Å². The SMILES string of the molecule is O=C(Cn1c(-c2cccs2)n[nH]c1=S)NC1CCCCCC1. The summed E-state index contributed by atoms with van der Waals surface area (Å²) < 4.78 is 2.26. The number of aromatic amines is 1. The number of hydrogen-bond acceptors (Lipinski definition) is 4. The molecule has 0 bridgehead atoms. The summed E-state index contributed by atoms with van der Waals surface area (Å²) in [6.07, 6.45) is 7.14. The van der Waals surface area contributed by atoms with Gasteiger partial charge >= 0.3 is 0 Å². The van der Waals surface area contributed by atoms with E-state index < -0.39 is 0 Å². The minimum atomic E-state index is 0.0159. The molecular formula is C15H20N4OS2. The molecule has 2 heterocycles. The van der Waals surface area contributed by atoms with Gasteiger partial charge in [0.1, 0.15) is 6.54 Å². The Labute approximate surface area is 138 Å². The Bertz CT molecular complexity index is 666. The van der Waals surface area contributed by atoms with E-state index in [-0.39, 0.29) is 12.5 Å². The van der Waals surface area contributed by atoms with Gasteiger partial charge < -0.3 is 5.32 Å². The lowest BCUT2D eigenvalue weighted by molar-refractivity contribution is -0.122. The van der Waals surface area contributed by atoms with E-state index in [4.69, 9.17) is 12.2 Å². The Balaban J connectivity index is 1.69. The van der Waals surface area contributed by atoms with Crippen molar-refractivity contribution in [3.05, 3.63) is 22.3 Å². The molecular weight excluding hydrogens is 316 g/mol. The maximum Gasteiger partial charge on any atom is 0.240 e. The molecule has 1 saturated carbocycles. The smallest absolute Gasteiger partial charge is 0.240 e. The van der Waals surface area contributed by atoms with Crippen LogP contribution in [0.25, 0.3) is 10.7 Å². The predicted octanol–water partition coefficient (Wildman–Crippen LogP) is 3.51. The van der Waals surface area contributed by atoms with Crippen LogP contribution in [0.5, 0.6) is 0 Å². The van der Waals surface area contributed by atoms with Gasteiger partial charge in [0.2, 0.25) is 5.91 Å². The molecule has 7 heteroatoms. The van der Waals surface area contributed by atoms with Gasteiger partial charge in [-0.3, -0.25) is 14.5 Å². The van der Waals surface area contributed by atoms with Crippen molar-refractivity contribution in [2.75, 3.05) is 0 Å². The fraction of sp³-hybridized carbons (Fsp3) is 0.533. The molecule has 1 fully saturated rings. The van der Waals surface area contributed by atoms with Crippen molar-refractivity contribution < 1.29 is 4.79 Å². The maximum atomic E-state index is 12.3. The summed E-state index contributed by atoms with van der Waals surface area (Å²) in [5.74, 6) is 0.748. The zero-order valence-corrected chi connectivity index (χ0v) is 14.0. The normalized spacial score (nSPS) is 16.4. The van der Waals surface area contributed by atoms with Crippen LogP contribution in [0.1, 0.15) is 38.5 Å². The lowest BCUT2D eigenvalue weighted by Gasteiger charge is -2.16. The number of H-pyrrole nitrogens is 1. The molecule has 3 rings (SSSR count). The minimum absolute atomic E-state index is 0.0159. The first-order valence-electron chi connectivity index (χ1n) is 7.72. The van der Waals surface area contributed by atoms with E-state index in [0.717, 1.165) is 23.5 Å². The highest BCUT2D eigenvalue weighted by Crippen LogP contribution is 2.22. The van der Waals surface area contributed by atoms with E-state index >= 15 is 0 Å². The average Bonchev–Trinajstić information content (AvgIpc) is 3.06. The van der Waals surface area contributed by atoms with Crippen LogP contribution in [0.15, 0.2) is 17.5 Å². The van der Waals surface area contributed by atoms with Crippen molar-refractivity contribution in [3.8, 4) is 10.7 Å². The first-order valence-corrected chi connectivity index (χ1v) is 9.01. The standard InChI is InChI=1S/C15H20N4OS2/c20-13(16-11-6-3-1-2-4-7-11)10-19-14(17-18-15(19)21)12-8-5-9-22-12/h5,8-9,11H,1-4,6-7,10H2,(H,16,20)(H,18,21). The van der Waals surface area contributed by atoms with E-state index in [9.17, 15) is 4.79 Å². The van der Waals surface area contributed by atoms with Crippen molar-refractivity contribution in [2.24, 2.45) is 0 Å². The van der Waals surface area contributed by atoms with Crippen molar-refractivity contribution in [1.82, 2.24) is 20.1 Å². The molecule has 118 valence electrons. The number of nitrogens with zero attached hydrogens (tertiary/aromatic N) is 2. The zero-order valence-electron chi connectivity index (χ0n) is 12.4. The second-order valence-corrected chi connectivity index (χ2v) is 7.01. The Morgan fingerprint density at radius 3 is 2.86 bits per heavy atom. The van der Waals surface area contributed by atoms with Gasteiger partial charge in [0.15, 0.2) is 10.6 Å². The molecule has 1 aliphatic rings. The van der Waals surface area contributed by atoms with E-state index in [2.05, 4.69) is 15.5 Å². The Hall–Kier alpha value is -1.47. The van der Waals surface area contributed by atoms with Crippen LogP contribution in [-0.2, 0) is 11.3 Å². The van der Waals surface area contributed by atoms with E-state index in [1.807, 2.05) is 17.5 Å². The average molecular weight is 336 g/mol. The van der Waals surface area contributed by atoms with Gasteiger partial charge in [-0.15, -0.1) is 11.3 Å². The van der Waals surface area contributed by atoms with Crippen molar-refractivity contribution >= 4 is 29.5 Å². The molecule has 0 atom stereocenters. The highest BCUT2D eigenvalue weighted by Gasteiger charge is 2.17. The summed E-state index contributed by atoms with van der Waals surface area (Å²) in [6.45, 7) is 0.221. The zero-order chi connectivity index (χ0) is 15.4. The molecule has 1 aliphatic carbocycles. The third-order valence-corrected chi connectivity index (χ3v) is 5.20. The molecule has 0 saturated heterocycles. The number of nitrogens with one attached hydrogen (secondary N) is 2. The second-order valence-electron chi connectivity index (χ2n) is 5.67. The van der Waals surface area contributed by atoms with Crippen molar-refractivity contribution in [1.29, 1.82) is 0 Å². The molecule has 22 heavy (non-hydrogen) atoms. The monoisotopic (exact) mass is 336 g/mol. The van der Waals surface area contributed by atoms with E-state index in [1.165, 1.54) is 25.7 Å². The highest BCUT2D eigenvalue weighted by atomic mass is 32.1. The number of carbonyl (C=O) groups excluding carboxylic acids is 1. The molecule has 0 aliphatic heterocycles. The van der Waals surface area contributed by atoms with Crippen LogP contribution in [0.2, 0.25) is 0 Å². The van der Waals surface area contributed by atoms with Gasteiger partial charge in [-0.2, -0.15) is 5.10 Å². The summed E-state index contributed by atoms with van der Waals surface area (Å²) in [5, 5.41) is 12.2. The number of thiophene rings is 1. The first kappa shape index (κ1) is 15.4. The highest BCUT2D eigenvalue weighted by molar-refractivity contribution is 7.71. The van der Waals surface area contributed by atoms with Crippen LogP contribution in [0.3, 0.4) is 0 Å². The predicted molar refractivity (Wildman–Crippen MR) is 90.4 cm³/mol. The Kier molecular flexibility index (Phi) is 5.04. The Morgan fingerprint density at radius 2 is 2.18 bits per heavy atom. The Morgan fingerprint density at radius 1 is 1.41 bits per heavy atom. The molecule has 0 unspecified atom stereocenters. The van der Waals surface area contributed by atoms with Crippen LogP contribution in [0.4, 0.5) is 0 Å². The topological polar surface area (TPSA) is 62.7 Å². The molecule has 0 aromatic carbocycles. The van der Waals surface area contributed by atoms with Crippen molar-refractivity contribution in [3.63, 3.8) is 0 Å². The number of amides is 1. The fourth-order valence-corrected chi connectivity index (χ4v) is 3.82. The summed E-state index contributed by atoms with van der Waals surface area (Å²) >= 11 is 6.85. The van der Waals surface area contributed by atoms with Gasteiger partial charge in [-0.1, -0.05) is 31.7 Å². The summed E-state index contributed by atoms with van der Waals surface area (Å²) in [6, 6.07) is 4.25. The number of carbonyl (C=O) groups is 1. The molecule has 2 N–H and O–H groups in total. The van der Waals surface area contributed by atoms with E-state index in [0.29, 0.717) is 10.8 Å². The number of hydrogen-bond donors (Lipinski definition) is 2. The molecule has 0 spiro atoms. The van der Waals surface area contributed by atoms with Gasteiger partial charge in [0.25, 0.3) is 0 Å². The summed E-state index contributed by atoms with van der Waals surface area (Å²) in [7, 11) is 0. The van der Waals surface area contributed by atoms with Crippen molar-refractivity contribution in [2.45, 2.75) is 51.1 Å². The van der Waals surface area contributed by atoms with Crippen LogP contribution < -0.4 is 5.32 Å². The third kappa shape index (κ3) is 3.64. The fourth-order valence-electron chi connectivity index (χ4n) is 2.90. The number of rotatable bonds is 4. The molecule has 2 aromatic rings. The molecule has 1 amide bonds. The first-order chi connectivity index (χ1) is 10.7. The van der Waals surface area contributed by atoms with Gasteiger partial charge in [-0.25, -0.2) is 0 Å². The van der Waals surface area contributed by atoms with Gasteiger partial charge in [0.05, 0.1) is 4.88 Å². The third-order valence-electron chi connectivity index (χ3n) is 4.02. The second kappa shape index (κ2) is 7.19. The molecule has 5 nitrogen and oxygen atoms in total. The number of aromatic nitrogens is 3. The van der Waals surface area contributed by atoms with Crippen LogP contribution in [0, 0.1) is 4.77 Å². The maximum absolute atomic E-state index is 12.3. The van der Waals surface area contributed by atoms with Crippen LogP contribution >= 0.6 is 23.6 Å². The molecule has 2 aromatic heterocycles.